The Morgan fingerprint density at radius 1 is 1.47 bits per heavy atom. The van der Waals surface area contributed by atoms with Crippen LogP contribution in [0.1, 0.15) is 32.2 Å². The van der Waals surface area contributed by atoms with Crippen molar-refractivity contribution in [2.45, 2.75) is 32.2 Å². The van der Waals surface area contributed by atoms with Crippen molar-refractivity contribution in [2.75, 3.05) is 20.2 Å². The fraction of sp³-hybridized carbons (Fsp3) is 0.667. The molecule has 1 aromatic heterocycles. The standard InChI is InChI=1S/C12H21N3O2/c1-11(15-9-6-7-13-15)12(17)14(2)8-4-3-5-10-16/h6-7,9,11,16H,3-5,8,10H2,1-2H3. The zero-order valence-electron chi connectivity index (χ0n) is 10.5. The highest BCUT2D eigenvalue weighted by Gasteiger charge is 2.18. The van der Waals surface area contributed by atoms with Crippen LogP contribution in [0.2, 0.25) is 0 Å². The molecule has 1 atom stereocenters. The molecule has 0 bridgehead atoms. The summed E-state index contributed by atoms with van der Waals surface area (Å²) in [6.45, 7) is 2.80. The third-order valence-corrected chi connectivity index (χ3v) is 2.81. The maximum Gasteiger partial charge on any atom is 0.246 e. The van der Waals surface area contributed by atoms with Crippen molar-refractivity contribution in [3.63, 3.8) is 0 Å². The fourth-order valence-electron chi connectivity index (χ4n) is 1.69. The molecule has 0 aliphatic heterocycles. The van der Waals surface area contributed by atoms with Gasteiger partial charge in [-0.15, -0.1) is 0 Å². The van der Waals surface area contributed by atoms with Gasteiger partial charge in [0.1, 0.15) is 6.04 Å². The summed E-state index contributed by atoms with van der Waals surface area (Å²) >= 11 is 0. The number of carbonyl (C=O) groups excluding carboxylic acids is 1. The highest BCUT2D eigenvalue weighted by atomic mass is 16.2. The van der Waals surface area contributed by atoms with Crippen molar-refractivity contribution < 1.29 is 9.90 Å². The van der Waals surface area contributed by atoms with Crippen LogP contribution in [0.3, 0.4) is 0 Å². The molecule has 5 heteroatoms. The Kier molecular flexibility index (Phi) is 5.69. The van der Waals surface area contributed by atoms with Gasteiger partial charge in [0.2, 0.25) is 5.91 Å². The van der Waals surface area contributed by atoms with E-state index in [0.29, 0.717) is 0 Å². The van der Waals surface area contributed by atoms with Crippen molar-refractivity contribution in [2.24, 2.45) is 0 Å². The molecule has 1 amide bonds. The third kappa shape index (κ3) is 4.19. The van der Waals surface area contributed by atoms with Gasteiger partial charge in [-0.25, -0.2) is 0 Å². The summed E-state index contributed by atoms with van der Waals surface area (Å²) in [6.07, 6.45) is 6.14. The van der Waals surface area contributed by atoms with Crippen molar-refractivity contribution in [1.29, 1.82) is 0 Å². The van der Waals surface area contributed by atoms with Crippen LogP contribution >= 0.6 is 0 Å². The molecule has 0 aliphatic rings. The van der Waals surface area contributed by atoms with Crippen LogP contribution in [-0.2, 0) is 4.79 Å². The normalized spacial score (nSPS) is 12.4. The Morgan fingerprint density at radius 3 is 2.82 bits per heavy atom. The van der Waals surface area contributed by atoms with Gasteiger partial charge < -0.3 is 10.0 Å². The van der Waals surface area contributed by atoms with Crippen LogP contribution in [0.15, 0.2) is 18.5 Å². The number of hydrogen-bond acceptors (Lipinski definition) is 3. The molecular weight excluding hydrogens is 218 g/mol. The van der Waals surface area contributed by atoms with Gasteiger partial charge in [0.05, 0.1) is 0 Å². The second-order valence-corrected chi connectivity index (χ2v) is 4.21. The molecule has 1 aromatic rings. The minimum absolute atomic E-state index is 0.0673. The first-order valence-corrected chi connectivity index (χ1v) is 6.01. The lowest BCUT2D eigenvalue weighted by atomic mass is 10.2. The highest BCUT2D eigenvalue weighted by molar-refractivity contribution is 5.79. The lowest BCUT2D eigenvalue weighted by Crippen LogP contribution is -2.34. The second-order valence-electron chi connectivity index (χ2n) is 4.21. The van der Waals surface area contributed by atoms with Crippen molar-refractivity contribution >= 4 is 5.91 Å². The number of aliphatic hydroxyl groups is 1. The van der Waals surface area contributed by atoms with E-state index in [1.807, 2.05) is 13.0 Å². The SMILES string of the molecule is CC(C(=O)N(C)CCCCCO)n1cccn1. The Bertz CT molecular complexity index is 325. The van der Waals surface area contributed by atoms with E-state index < -0.39 is 0 Å². The first-order valence-electron chi connectivity index (χ1n) is 6.01. The van der Waals surface area contributed by atoms with Crippen molar-refractivity contribution in [1.82, 2.24) is 14.7 Å². The summed E-state index contributed by atoms with van der Waals surface area (Å²) in [5, 5.41) is 12.7. The summed E-state index contributed by atoms with van der Waals surface area (Å²) in [6, 6.07) is 1.55. The molecule has 96 valence electrons. The van der Waals surface area contributed by atoms with Crippen LogP contribution in [0.4, 0.5) is 0 Å². The molecule has 0 spiro atoms. The molecule has 5 nitrogen and oxygen atoms in total. The van der Waals surface area contributed by atoms with E-state index in [0.717, 1.165) is 25.8 Å². The zero-order chi connectivity index (χ0) is 12.7. The molecule has 0 saturated heterocycles. The molecule has 17 heavy (non-hydrogen) atoms. The number of amides is 1. The number of aliphatic hydroxyl groups excluding tert-OH is 1. The third-order valence-electron chi connectivity index (χ3n) is 2.81. The molecule has 0 saturated carbocycles. The van der Waals surface area contributed by atoms with Crippen LogP contribution < -0.4 is 0 Å². The summed E-state index contributed by atoms with van der Waals surface area (Å²) in [5.41, 5.74) is 0. The monoisotopic (exact) mass is 239 g/mol. The van der Waals surface area contributed by atoms with E-state index in [4.69, 9.17) is 5.11 Å². The molecule has 1 heterocycles. The average molecular weight is 239 g/mol. The first-order chi connectivity index (χ1) is 8.16. The topological polar surface area (TPSA) is 58.4 Å². The van der Waals surface area contributed by atoms with Crippen LogP contribution in [-0.4, -0.2) is 45.9 Å². The Hall–Kier alpha value is -1.36. The number of hydrogen-bond donors (Lipinski definition) is 1. The smallest absolute Gasteiger partial charge is 0.246 e. The van der Waals surface area contributed by atoms with Gasteiger partial charge >= 0.3 is 0 Å². The van der Waals surface area contributed by atoms with E-state index in [9.17, 15) is 4.79 Å². The number of carbonyl (C=O) groups is 1. The molecule has 0 aliphatic carbocycles. The van der Waals surface area contributed by atoms with Gasteiger partial charge in [0, 0.05) is 32.6 Å². The molecule has 1 N–H and O–H groups in total. The summed E-state index contributed by atoms with van der Waals surface area (Å²) in [7, 11) is 1.81. The van der Waals surface area contributed by atoms with Gasteiger partial charge in [-0.3, -0.25) is 9.48 Å². The van der Waals surface area contributed by atoms with Crippen LogP contribution in [0.25, 0.3) is 0 Å². The van der Waals surface area contributed by atoms with E-state index in [-0.39, 0.29) is 18.6 Å². The minimum Gasteiger partial charge on any atom is -0.396 e. The predicted octanol–water partition coefficient (Wildman–Crippen LogP) is 1.07. The number of aromatic nitrogens is 2. The Labute approximate surface area is 102 Å². The van der Waals surface area contributed by atoms with Gasteiger partial charge in [-0.1, -0.05) is 0 Å². The van der Waals surface area contributed by atoms with E-state index >= 15 is 0 Å². The van der Waals surface area contributed by atoms with Crippen LogP contribution in [0.5, 0.6) is 0 Å². The van der Waals surface area contributed by atoms with Gasteiger partial charge in [0.15, 0.2) is 0 Å². The molecule has 1 unspecified atom stereocenters. The van der Waals surface area contributed by atoms with Gasteiger partial charge in [-0.05, 0) is 32.3 Å². The minimum atomic E-state index is -0.257. The highest BCUT2D eigenvalue weighted by Crippen LogP contribution is 2.08. The molecule has 0 fully saturated rings. The quantitative estimate of drug-likeness (QED) is 0.724. The maximum absolute atomic E-state index is 12.0. The number of unbranched alkanes of at least 4 members (excludes halogenated alkanes) is 2. The largest absolute Gasteiger partial charge is 0.396 e. The van der Waals surface area contributed by atoms with Crippen molar-refractivity contribution in [3.8, 4) is 0 Å². The lowest BCUT2D eigenvalue weighted by Gasteiger charge is -2.21. The van der Waals surface area contributed by atoms with Crippen LogP contribution in [0, 0.1) is 0 Å². The summed E-state index contributed by atoms with van der Waals surface area (Å²) in [4.78, 5) is 13.7. The fourth-order valence-corrected chi connectivity index (χ4v) is 1.69. The first kappa shape index (κ1) is 13.7. The lowest BCUT2D eigenvalue weighted by molar-refractivity contribution is -0.133. The number of nitrogens with zero attached hydrogens (tertiary/aromatic N) is 3. The number of likely N-dealkylation sites (N-methyl/N-ethyl adjacent to an activating group) is 1. The molecular formula is C12H21N3O2. The molecule has 1 rings (SSSR count). The number of rotatable bonds is 7. The predicted molar refractivity (Wildman–Crippen MR) is 65.5 cm³/mol. The van der Waals surface area contributed by atoms with Gasteiger partial charge in [0.25, 0.3) is 0 Å². The zero-order valence-corrected chi connectivity index (χ0v) is 10.5. The van der Waals surface area contributed by atoms with Crippen molar-refractivity contribution in [3.05, 3.63) is 18.5 Å². The molecule has 0 radical (unpaired) electrons. The van der Waals surface area contributed by atoms with E-state index in [1.165, 1.54) is 0 Å². The van der Waals surface area contributed by atoms with Gasteiger partial charge in [-0.2, -0.15) is 5.10 Å². The maximum atomic E-state index is 12.0. The summed E-state index contributed by atoms with van der Waals surface area (Å²) in [5.74, 6) is 0.0673. The Balaban J connectivity index is 2.36. The average Bonchev–Trinajstić information content (AvgIpc) is 2.86. The molecule has 0 aromatic carbocycles. The second kappa shape index (κ2) is 7.06. The van der Waals surface area contributed by atoms with E-state index in [2.05, 4.69) is 5.10 Å². The summed E-state index contributed by atoms with van der Waals surface area (Å²) < 4.78 is 1.66. The van der Waals surface area contributed by atoms with E-state index in [1.54, 1.807) is 29.0 Å². The Morgan fingerprint density at radius 2 is 2.24 bits per heavy atom.